The van der Waals surface area contributed by atoms with Gasteiger partial charge in [0.1, 0.15) is 0 Å². The van der Waals surface area contributed by atoms with Gasteiger partial charge in [0.25, 0.3) is 0 Å². The van der Waals surface area contributed by atoms with Gasteiger partial charge in [-0.1, -0.05) is 95.4 Å². The molecule has 1 aromatic rings. The molecule has 0 heterocycles. The van der Waals surface area contributed by atoms with Crippen molar-refractivity contribution in [2.45, 2.75) is 84.0 Å². The Kier molecular flexibility index (Phi) is 10.4. The second kappa shape index (κ2) is 12.0. The summed E-state index contributed by atoms with van der Waals surface area (Å²) in [6.45, 7) is 7.97. The monoisotopic (exact) mass is 272 g/mol. The molecule has 0 amide bonds. The summed E-state index contributed by atoms with van der Waals surface area (Å²) < 4.78 is 0. The number of aryl methyl sites for hydroxylation is 1. The molecule has 2 radical (unpaired) electrons. The third-order valence-corrected chi connectivity index (χ3v) is 4.05. The van der Waals surface area contributed by atoms with Crippen molar-refractivity contribution in [2.24, 2.45) is 0 Å². The minimum absolute atomic E-state index is 0.868. The van der Waals surface area contributed by atoms with Gasteiger partial charge >= 0.3 is 0 Å². The SMILES string of the molecule is [CH]c1ccc(CCCCCCCCCCCCC)cc1. The molecule has 0 aliphatic heterocycles. The number of rotatable bonds is 12. The first-order chi connectivity index (χ1) is 9.83. The van der Waals surface area contributed by atoms with Gasteiger partial charge < -0.3 is 0 Å². The van der Waals surface area contributed by atoms with E-state index in [9.17, 15) is 0 Å². The highest BCUT2D eigenvalue weighted by atomic mass is 14.0. The number of hydrogen-bond donors (Lipinski definition) is 0. The van der Waals surface area contributed by atoms with Crippen LogP contribution in [0.2, 0.25) is 0 Å². The lowest BCUT2D eigenvalue weighted by Gasteiger charge is -2.03. The van der Waals surface area contributed by atoms with Crippen molar-refractivity contribution in [3.8, 4) is 0 Å². The van der Waals surface area contributed by atoms with Crippen molar-refractivity contribution in [1.82, 2.24) is 0 Å². The summed E-state index contributed by atoms with van der Waals surface area (Å²) >= 11 is 0. The Labute approximate surface area is 127 Å². The van der Waals surface area contributed by atoms with Crippen molar-refractivity contribution in [3.05, 3.63) is 42.3 Å². The highest BCUT2D eigenvalue weighted by Crippen LogP contribution is 2.13. The first-order valence-corrected chi connectivity index (χ1v) is 8.67. The molecule has 0 unspecified atom stereocenters. The zero-order chi connectivity index (χ0) is 14.5. The van der Waals surface area contributed by atoms with E-state index < -0.39 is 0 Å². The Morgan fingerprint density at radius 1 is 0.650 bits per heavy atom. The maximum absolute atomic E-state index is 5.69. The van der Waals surface area contributed by atoms with Crippen LogP contribution in [0.1, 0.15) is 88.7 Å². The fourth-order valence-electron chi connectivity index (χ4n) is 2.68. The molecule has 0 bridgehead atoms. The van der Waals surface area contributed by atoms with E-state index in [1.165, 1.54) is 82.6 Å². The Bertz CT molecular complexity index is 309. The summed E-state index contributed by atoms with van der Waals surface area (Å²) in [5.74, 6) is 0. The molecule has 0 fully saturated rings. The minimum atomic E-state index is 0.868. The molecule has 0 nitrogen and oxygen atoms in total. The average molecular weight is 272 g/mol. The molecule has 0 aromatic heterocycles. The standard InChI is InChI=1S/C20H32/c1-3-4-5-6-7-8-9-10-11-12-13-14-20-17-15-19(2)16-18-20/h2,15-18H,3-14H2,1H3. The molecule has 0 spiro atoms. The van der Waals surface area contributed by atoms with E-state index in [1.807, 2.05) is 12.1 Å². The molecule has 20 heavy (non-hydrogen) atoms. The predicted octanol–water partition coefficient (Wildman–Crippen LogP) is 6.60. The van der Waals surface area contributed by atoms with Crippen LogP contribution in [0.5, 0.6) is 0 Å². The van der Waals surface area contributed by atoms with E-state index in [4.69, 9.17) is 6.92 Å². The van der Waals surface area contributed by atoms with E-state index >= 15 is 0 Å². The van der Waals surface area contributed by atoms with Crippen LogP contribution in [0.3, 0.4) is 0 Å². The highest BCUT2D eigenvalue weighted by molar-refractivity contribution is 5.24. The van der Waals surface area contributed by atoms with E-state index in [0.29, 0.717) is 0 Å². The lowest BCUT2D eigenvalue weighted by atomic mass is 10.0. The molecule has 0 aliphatic rings. The smallest absolute Gasteiger partial charge is 0.00120 e. The van der Waals surface area contributed by atoms with Crippen LogP contribution in [0.15, 0.2) is 24.3 Å². The second-order valence-electron chi connectivity index (χ2n) is 6.03. The fourth-order valence-corrected chi connectivity index (χ4v) is 2.68. The molecular formula is C20H32. The van der Waals surface area contributed by atoms with Crippen molar-refractivity contribution in [2.75, 3.05) is 0 Å². The molecule has 1 rings (SSSR count). The predicted molar refractivity (Wildman–Crippen MR) is 90.0 cm³/mol. The normalized spacial score (nSPS) is 10.9. The molecule has 0 saturated heterocycles. The maximum Gasteiger partial charge on any atom is -0.00120 e. The second-order valence-corrected chi connectivity index (χ2v) is 6.03. The van der Waals surface area contributed by atoms with E-state index in [-0.39, 0.29) is 0 Å². The van der Waals surface area contributed by atoms with Gasteiger partial charge in [0.2, 0.25) is 0 Å². The van der Waals surface area contributed by atoms with Gasteiger partial charge in [-0.05, 0) is 30.9 Å². The zero-order valence-corrected chi connectivity index (χ0v) is 13.4. The number of hydrogen-bond acceptors (Lipinski definition) is 0. The van der Waals surface area contributed by atoms with Crippen molar-refractivity contribution in [1.29, 1.82) is 0 Å². The third kappa shape index (κ3) is 9.18. The molecule has 0 saturated carbocycles. The van der Waals surface area contributed by atoms with Gasteiger partial charge in [0.15, 0.2) is 0 Å². The van der Waals surface area contributed by atoms with E-state index in [2.05, 4.69) is 19.1 Å². The fraction of sp³-hybridized carbons (Fsp3) is 0.650. The van der Waals surface area contributed by atoms with Crippen LogP contribution in [-0.4, -0.2) is 0 Å². The van der Waals surface area contributed by atoms with Gasteiger partial charge in [-0.25, -0.2) is 0 Å². The molecule has 0 N–H and O–H groups in total. The van der Waals surface area contributed by atoms with Crippen molar-refractivity contribution >= 4 is 0 Å². The average Bonchev–Trinajstić information content (AvgIpc) is 2.47. The van der Waals surface area contributed by atoms with Gasteiger partial charge in [-0.3, -0.25) is 0 Å². The Hall–Kier alpha value is -0.780. The molecule has 0 atom stereocenters. The maximum atomic E-state index is 5.69. The molecule has 0 heteroatoms. The van der Waals surface area contributed by atoms with Crippen molar-refractivity contribution in [3.63, 3.8) is 0 Å². The van der Waals surface area contributed by atoms with Crippen LogP contribution in [-0.2, 0) is 6.42 Å². The lowest BCUT2D eigenvalue weighted by Crippen LogP contribution is -1.87. The Morgan fingerprint density at radius 3 is 1.60 bits per heavy atom. The first-order valence-electron chi connectivity index (χ1n) is 8.67. The first kappa shape index (κ1) is 17.3. The van der Waals surface area contributed by atoms with Crippen LogP contribution >= 0.6 is 0 Å². The molecular weight excluding hydrogens is 240 g/mol. The minimum Gasteiger partial charge on any atom is -0.0654 e. The summed E-state index contributed by atoms with van der Waals surface area (Å²) in [5, 5.41) is 0. The number of unbranched alkanes of at least 4 members (excludes halogenated alkanes) is 10. The zero-order valence-electron chi connectivity index (χ0n) is 13.4. The molecule has 1 aromatic carbocycles. The van der Waals surface area contributed by atoms with E-state index in [1.54, 1.807) is 0 Å². The molecule has 112 valence electrons. The number of benzene rings is 1. The summed E-state index contributed by atoms with van der Waals surface area (Å²) in [5.41, 5.74) is 2.29. The highest BCUT2D eigenvalue weighted by Gasteiger charge is 1.95. The topological polar surface area (TPSA) is 0 Å². The van der Waals surface area contributed by atoms with Crippen molar-refractivity contribution < 1.29 is 0 Å². The van der Waals surface area contributed by atoms with Crippen LogP contribution in [0.4, 0.5) is 0 Å². The van der Waals surface area contributed by atoms with Gasteiger partial charge in [-0.2, -0.15) is 0 Å². The molecule has 0 aliphatic carbocycles. The van der Waals surface area contributed by atoms with Gasteiger partial charge in [-0.15, -0.1) is 0 Å². The Balaban J connectivity index is 1.84. The van der Waals surface area contributed by atoms with Gasteiger partial charge in [0.05, 0.1) is 0 Å². The lowest BCUT2D eigenvalue weighted by molar-refractivity contribution is 0.549. The quantitative estimate of drug-likeness (QED) is 0.376. The Morgan fingerprint density at radius 2 is 1.10 bits per heavy atom. The largest absolute Gasteiger partial charge is 0.0654 e. The van der Waals surface area contributed by atoms with Crippen LogP contribution < -0.4 is 0 Å². The summed E-state index contributed by atoms with van der Waals surface area (Å²) in [6.07, 6.45) is 16.7. The van der Waals surface area contributed by atoms with E-state index in [0.717, 1.165) is 5.56 Å². The summed E-state index contributed by atoms with van der Waals surface area (Å²) in [4.78, 5) is 0. The third-order valence-electron chi connectivity index (χ3n) is 4.05. The summed E-state index contributed by atoms with van der Waals surface area (Å²) in [7, 11) is 0. The van der Waals surface area contributed by atoms with Crippen LogP contribution in [0, 0.1) is 6.92 Å². The van der Waals surface area contributed by atoms with Gasteiger partial charge in [0, 0.05) is 0 Å². The van der Waals surface area contributed by atoms with Crippen LogP contribution in [0.25, 0.3) is 0 Å². The summed E-state index contributed by atoms with van der Waals surface area (Å²) in [6, 6.07) is 8.33.